The third kappa shape index (κ3) is 3.21. The molecule has 0 spiro atoms. The fraction of sp³-hybridized carbons (Fsp3) is 0.118. The monoisotopic (exact) mass is 319 g/mol. The largest absolute Gasteiger partial charge is 0.573 e. The van der Waals surface area contributed by atoms with Crippen molar-refractivity contribution in [2.24, 2.45) is 7.05 Å². The number of aryl methyl sites for hydroxylation is 1. The van der Waals surface area contributed by atoms with Crippen molar-refractivity contribution in [3.8, 4) is 16.9 Å². The third-order valence-corrected chi connectivity index (χ3v) is 3.52. The zero-order chi connectivity index (χ0) is 16.6. The minimum atomic E-state index is -4.80. The number of benzene rings is 2. The minimum Gasteiger partial charge on any atom is -0.406 e. The Bertz CT molecular complexity index is 881. The molecule has 0 aliphatic rings. The van der Waals surface area contributed by atoms with E-state index in [-0.39, 0.29) is 5.56 Å². The van der Waals surface area contributed by atoms with Gasteiger partial charge in [-0.1, -0.05) is 6.07 Å². The topological polar surface area (TPSA) is 31.2 Å². The first kappa shape index (κ1) is 15.1. The smallest absolute Gasteiger partial charge is 0.406 e. The summed E-state index contributed by atoms with van der Waals surface area (Å²) in [5, 5.41) is 0.958. The first-order valence-electron chi connectivity index (χ1n) is 6.77. The summed E-state index contributed by atoms with van der Waals surface area (Å²) in [6.45, 7) is 0. The zero-order valence-corrected chi connectivity index (χ0v) is 12.1. The molecule has 0 N–H and O–H groups in total. The van der Waals surface area contributed by atoms with Crippen molar-refractivity contribution in [3.63, 3.8) is 0 Å². The van der Waals surface area contributed by atoms with Gasteiger partial charge in [0.1, 0.15) is 12.0 Å². The van der Waals surface area contributed by atoms with E-state index in [2.05, 4.69) is 4.74 Å². The number of rotatable bonds is 3. The summed E-state index contributed by atoms with van der Waals surface area (Å²) in [6.07, 6.45) is -2.41. The van der Waals surface area contributed by atoms with Gasteiger partial charge >= 0.3 is 6.36 Å². The molecule has 0 amide bonds. The molecule has 0 saturated heterocycles. The lowest BCUT2D eigenvalue weighted by atomic mass is 10.0. The Kier molecular flexibility index (Phi) is 3.60. The molecule has 0 atom stereocenters. The van der Waals surface area contributed by atoms with Crippen molar-refractivity contribution < 1.29 is 22.7 Å². The molecule has 1 aromatic heterocycles. The average molecular weight is 319 g/mol. The highest BCUT2D eigenvalue weighted by atomic mass is 19.4. The summed E-state index contributed by atoms with van der Waals surface area (Å²) in [5.41, 5.74) is 2.32. The molecule has 0 unspecified atom stereocenters. The first-order valence-corrected chi connectivity index (χ1v) is 6.77. The Morgan fingerprint density at radius 2 is 1.83 bits per heavy atom. The van der Waals surface area contributed by atoms with Crippen LogP contribution in [0.15, 0.2) is 48.7 Å². The van der Waals surface area contributed by atoms with E-state index in [0.29, 0.717) is 17.4 Å². The lowest BCUT2D eigenvalue weighted by Crippen LogP contribution is -2.17. The number of aldehydes is 1. The quantitative estimate of drug-likeness (QED) is 0.663. The van der Waals surface area contributed by atoms with Crippen LogP contribution in [-0.4, -0.2) is 17.2 Å². The minimum absolute atomic E-state index is 0.120. The second-order valence-electron chi connectivity index (χ2n) is 5.16. The van der Waals surface area contributed by atoms with Gasteiger partial charge in [0.2, 0.25) is 0 Å². The molecule has 23 heavy (non-hydrogen) atoms. The van der Waals surface area contributed by atoms with Crippen molar-refractivity contribution in [2.45, 2.75) is 6.36 Å². The number of halogens is 3. The highest BCUT2D eigenvalue weighted by molar-refractivity contribution is 5.87. The molecular weight excluding hydrogens is 307 g/mol. The Morgan fingerprint density at radius 3 is 2.52 bits per heavy atom. The number of aromatic nitrogens is 1. The van der Waals surface area contributed by atoms with Gasteiger partial charge in [-0.25, -0.2) is 0 Å². The van der Waals surface area contributed by atoms with E-state index in [1.807, 2.05) is 36.0 Å². The molecule has 3 aromatic rings. The Morgan fingerprint density at radius 1 is 1.04 bits per heavy atom. The number of ether oxygens (including phenoxy) is 1. The summed E-state index contributed by atoms with van der Waals surface area (Å²) in [7, 11) is 1.91. The normalized spacial score (nSPS) is 11.7. The average Bonchev–Trinajstić information content (AvgIpc) is 2.86. The van der Waals surface area contributed by atoms with E-state index in [1.165, 1.54) is 12.1 Å². The zero-order valence-electron chi connectivity index (χ0n) is 12.1. The summed E-state index contributed by atoms with van der Waals surface area (Å²) >= 11 is 0. The van der Waals surface area contributed by atoms with E-state index in [9.17, 15) is 18.0 Å². The second-order valence-corrected chi connectivity index (χ2v) is 5.16. The van der Waals surface area contributed by atoms with Crippen LogP contribution in [0.5, 0.6) is 5.75 Å². The second kappa shape index (κ2) is 5.46. The van der Waals surface area contributed by atoms with Crippen LogP contribution in [0.3, 0.4) is 0 Å². The predicted molar refractivity (Wildman–Crippen MR) is 80.4 cm³/mol. The van der Waals surface area contributed by atoms with Gasteiger partial charge in [-0.2, -0.15) is 0 Å². The molecule has 0 bridgehead atoms. The van der Waals surface area contributed by atoms with Crippen molar-refractivity contribution >= 4 is 17.2 Å². The van der Waals surface area contributed by atoms with Crippen LogP contribution in [-0.2, 0) is 7.05 Å². The molecule has 2 aromatic carbocycles. The van der Waals surface area contributed by atoms with Crippen LogP contribution in [0.4, 0.5) is 13.2 Å². The number of alkyl halides is 3. The van der Waals surface area contributed by atoms with Gasteiger partial charge in [0.25, 0.3) is 0 Å². The fourth-order valence-electron chi connectivity index (χ4n) is 2.51. The SMILES string of the molecule is Cn1ccc2cc(-c3cc(C=O)cc(OC(F)(F)F)c3)ccc21. The highest BCUT2D eigenvalue weighted by Gasteiger charge is 2.31. The van der Waals surface area contributed by atoms with Gasteiger partial charge in [-0.05, 0) is 47.5 Å². The standard InChI is InChI=1S/C17H12F3NO2/c1-21-5-4-13-8-12(2-3-16(13)21)14-6-11(10-22)7-15(9-14)23-17(18,19)20/h2-10H,1H3. The maximum atomic E-state index is 12.4. The van der Waals surface area contributed by atoms with E-state index in [4.69, 9.17) is 0 Å². The van der Waals surface area contributed by atoms with Crippen LogP contribution in [0, 0.1) is 0 Å². The lowest BCUT2D eigenvalue weighted by Gasteiger charge is -2.11. The van der Waals surface area contributed by atoms with Crippen molar-refractivity contribution in [1.29, 1.82) is 0 Å². The Labute approximate surface area is 129 Å². The maximum Gasteiger partial charge on any atom is 0.573 e. The Balaban J connectivity index is 2.09. The van der Waals surface area contributed by atoms with E-state index < -0.39 is 12.1 Å². The van der Waals surface area contributed by atoms with Crippen LogP contribution < -0.4 is 4.74 Å². The summed E-state index contributed by atoms with van der Waals surface area (Å²) in [5.74, 6) is -0.412. The molecule has 3 nitrogen and oxygen atoms in total. The number of carbonyl (C=O) groups is 1. The van der Waals surface area contributed by atoms with Crippen molar-refractivity contribution in [3.05, 3.63) is 54.2 Å². The first-order chi connectivity index (χ1) is 10.9. The summed E-state index contributed by atoms with van der Waals surface area (Å²) < 4.78 is 43.1. The molecule has 0 fully saturated rings. The molecule has 118 valence electrons. The number of fused-ring (bicyclic) bond motifs is 1. The van der Waals surface area contributed by atoms with Gasteiger partial charge < -0.3 is 9.30 Å². The van der Waals surface area contributed by atoms with Crippen molar-refractivity contribution in [2.75, 3.05) is 0 Å². The Hall–Kier alpha value is -2.76. The molecule has 1 heterocycles. The van der Waals surface area contributed by atoms with Gasteiger partial charge in [-0.3, -0.25) is 4.79 Å². The van der Waals surface area contributed by atoms with Crippen LogP contribution in [0.1, 0.15) is 10.4 Å². The third-order valence-electron chi connectivity index (χ3n) is 3.52. The highest BCUT2D eigenvalue weighted by Crippen LogP contribution is 2.31. The molecule has 0 aliphatic carbocycles. The molecular formula is C17H12F3NO2. The maximum absolute atomic E-state index is 12.4. The van der Waals surface area contributed by atoms with Gasteiger partial charge in [0.05, 0.1) is 0 Å². The van der Waals surface area contributed by atoms with E-state index in [1.54, 1.807) is 6.07 Å². The molecule has 0 aliphatic heterocycles. The number of carbonyl (C=O) groups excluding carboxylic acids is 1. The van der Waals surface area contributed by atoms with Gasteiger partial charge in [0, 0.05) is 29.7 Å². The van der Waals surface area contributed by atoms with Crippen LogP contribution >= 0.6 is 0 Å². The summed E-state index contributed by atoms with van der Waals surface area (Å²) in [4.78, 5) is 11.0. The molecule has 6 heteroatoms. The van der Waals surface area contributed by atoms with E-state index >= 15 is 0 Å². The van der Waals surface area contributed by atoms with Crippen LogP contribution in [0.2, 0.25) is 0 Å². The van der Waals surface area contributed by atoms with Gasteiger partial charge in [0.15, 0.2) is 0 Å². The number of hydrogen-bond donors (Lipinski definition) is 0. The van der Waals surface area contributed by atoms with Gasteiger partial charge in [-0.15, -0.1) is 13.2 Å². The van der Waals surface area contributed by atoms with Crippen LogP contribution in [0.25, 0.3) is 22.0 Å². The number of nitrogens with zero attached hydrogens (tertiary/aromatic N) is 1. The fourth-order valence-corrected chi connectivity index (χ4v) is 2.51. The molecule has 0 radical (unpaired) electrons. The predicted octanol–water partition coefficient (Wildman–Crippen LogP) is 4.56. The summed E-state index contributed by atoms with van der Waals surface area (Å²) in [6, 6.07) is 11.3. The lowest BCUT2D eigenvalue weighted by molar-refractivity contribution is -0.274. The number of hydrogen-bond acceptors (Lipinski definition) is 2. The van der Waals surface area contributed by atoms with E-state index in [0.717, 1.165) is 17.0 Å². The molecule has 3 rings (SSSR count). The molecule has 0 saturated carbocycles. The van der Waals surface area contributed by atoms with Crippen molar-refractivity contribution in [1.82, 2.24) is 4.57 Å².